The molecule has 0 radical (unpaired) electrons. The van der Waals surface area contributed by atoms with Crippen molar-refractivity contribution >= 4 is 22.4 Å². The van der Waals surface area contributed by atoms with Gasteiger partial charge >= 0.3 is 5.97 Å². The molecule has 0 aliphatic heterocycles. The number of anilines is 1. The minimum absolute atomic E-state index is 0.149. The van der Waals surface area contributed by atoms with Crippen LogP contribution in [0.25, 0.3) is 0 Å². The molecule has 100 valence electrons. The van der Waals surface area contributed by atoms with Gasteiger partial charge in [-0.25, -0.2) is 9.78 Å². The highest BCUT2D eigenvalue weighted by molar-refractivity contribution is 7.15. The van der Waals surface area contributed by atoms with Gasteiger partial charge in [0.2, 0.25) is 0 Å². The van der Waals surface area contributed by atoms with E-state index in [1.54, 1.807) is 6.92 Å². The maximum Gasteiger partial charge on any atom is 0.355 e. The van der Waals surface area contributed by atoms with E-state index < -0.39 is 5.97 Å². The summed E-state index contributed by atoms with van der Waals surface area (Å²) in [6.45, 7) is 4.55. The lowest BCUT2D eigenvalue weighted by molar-refractivity contribution is 0.0690. The predicted molar refractivity (Wildman–Crippen MR) is 77.1 cm³/mol. The van der Waals surface area contributed by atoms with Gasteiger partial charge in [0.25, 0.3) is 0 Å². The summed E-state index contributed by atoms with van der Waals surface area (Å²) in [6.07, 6.45) is 0. The summed E-state index contributed by atoms with van der Waals surface area (Å²) in [5.74, 6) is -0.969. The summed E-state index contributed by atoms with van der Waals surface area (Å²) in [6, 6.07) is 8.28. The normalized spacial score (nSPS) is 10.5. The van der Waals surface area contributed by atoms with Crippen LogP contribution in [0, 0.1) is 13.8 Å². The number of aromatic nitrogens is 1. The lowest BCUT2D eigenvalue weighted by atomic mass is 10.1. The van der Waals surface area contributed by atoms with Crippen LogP contribution in [0.15, 0.2) is 24.3 Å². The van der Waals surface area contributed by atoms with E-state index in [4.69, 9.17) is 5.11 Å². The van der Waals surface area contributed by atoms with Crippen LogP contribution in [-0.4, -0.2) is 23.1 Å². The molecule has 19 heavy (non-hydrogen) atoms. The first kappa shape index (κ1) is 13.5. The molecule has 1 heterocycles. The molecule has 2 rings (SSSR count). The molecule has 4 nitrogen and oxygen atoms in total. The molecule has 0 amide bonds. The summed E-state index contributed by atoms with van der Waals surface area (Å²) < 4.78 is 0. The second-order valence-corrected chi connectivity index (χ2v) is 5.73. The molecule has 0 aliphatic carbocycles. The molecule has 1 N–H and O–H groups in total. The lowest BCUT2D eigenvalue weighted by Crippen LogP contribution is -2.16. The standard InChI is InChI=1S/C14H16N2O2S/c1-9-4-6-11(7-5-9)8-16(3)14-15-12(13(17)18)10(2)19-14/h4-7H,8H2,1-3H3,(H,17,18). The van der Waals surface area contributed by atoms with Crippen molar-refractivity contribution in [1.29, 1.82) is 0 Å². The van der Waals surface area contributed by atoms with E-state index in [9.17, 15) is 4.79 Å². The highest BCUT2D eigenvalue weighted by atomic mass is 32.1. The maximum absolute atomic E-state index is 11.0. The number of hydrogen-bond acceptors (Lipinski definition) is 4. The Labute approximate surface area is 116 Å². The zero-order chi connectivity index (χ0) is 14.0. The predicted octanol–water partition coefficient (Wildman–Crippen LogP) is 3.09. The van der Waals surface area contributed by atoms with Crippen LogP contribution in [0.1, 0.15) is 26.5 Å². The Kier molecular flexibility index (Phi) is 3.85. The summed E-state index contributed by atoms with van der Waals surface area (Å²) in [5.41, 5.74) is 2.55. The molecule has 5 heteroatoms. The van der Waals surface area contributed by atoms with E-state index in [2.05, 4.69) is 36.2 Å². The number of rotatable bonds is 4. The van der Waals surface area contributed by atoms with Gasteiger partial charge in [-0.05, 0) is 19.4 Å². The van der Waals surface area contributed by atoms with Crippen LogP contribution >= 0.6 is 11.3 Å². The van der Waals surface area contributed by atoms with Gasteiger partial charge in [-0.1, -0.05) is 29.8 Å². The second kappa shape index (κ2) is 5.40. The Morgan fingerprint density at radius 2 is 1.95 bits per heavy atom. The van der Waals surface area contributed by atoms with Crippen molar-refractivity contribution in [2.75, 3.05) is 11.9 Å². The van der Waals surface area contributed by atoms with Crippen molar-refractivity contribution in [2.24, 2.45) is 0 Å². The van der Waals surface area contributed by atoms with Gasteiger partial charge in [-0.2, -0.15) is 0 Å². The van der Waals surface area contributed by atoms with Crippen molar-refractivity contribution < 1.29 is 9.90 Å². The highest BCUT2D eigenvalue weighted by Crippen LogP contribution is 2.26. The molecule has 0 unspecified atom stereocenters. The quantitative estimate of drug-likeness (QED) is 0.932. The molecule has 1 aromatic carbocycles. The van der Waals surface area contributed by atoms with E-state index in [1.165, 1.54) is 22.5 Å². The third kappa shape index (κ3) is 3.12. The van der Waals surface area contributed by atoms with Crippen molar-refractivity contribution in [3.05, 3.63) is 46.0 Å². The molecule has 0 saturated heterocycles. The number of benzene rings is 1. The van der Waals surface area contributed by atoms with Crippen molar-refractivity contribution in [3.8, 4) is 0 Å². The molecule has 1 aromatic heterocycles. The van der Waals surface area contributed by atoms with Crippen molar-refractivity contribution in [2.45, 2.75) is 20.4 Å². The van der Waals surface area contributed by atoms with Crippen molar-refractivity contribution in [3.63, 3.8) is 0 Å². The van der Waals surface area contributed by atoms with Gasteiger partial charge in [0.1, 0.15) is 0 Å². The number of hydrogen-bond donors (Lipinski definition) is 1. The van der Waals surface area contributed by atoms with Crippen LogP contribution in [0.2, 0.25) is 0 Å². The largest absolute Gasteiger partial charge is 0.476 e. The Bertz CT molecular complexity index is 590. The van der Waals surface area contributed by atoms with E-state index in [-0.39, 0.29) is 5.69 Å². The number of carboxylic acid groups (broad SMARTS) is 1. The lowest BCUT2D eigenvalue weighted by Gasteiger charge is -2.15. The van der Waals surface area contributed by atoms with Gasteiger partial charge in [-0.3, -0.25) is 0 Å². The number of nitrogens with zero attached hydrogens (tertiary/aromatic N) is 2. The van der Waals surface area contributed by atoms with E-state index in [0.29, 0.717) is 6.54 Å². The van der Waals surface area contributed by atoms with Gasteiger partial charge in [0.05, 0.1) is 0 Å². The maximum atomic E-state index is 11.0. The molecule has 0 spiro atoms. The average Bonchev–Trinajstić information content (AvgIpc) is 2.74. The number of aromatic carboxylic acids is 1. The van der Waals surface area contributed by atoms with Crippen LogP contribution in [0.3, 0.4) is 0 Å². The smallest absolute Gasteiger partial charge is 0.355 e. The fourth-order valence-electron chi connectivity index (χ4n) is 1.78. The molecular weight excluding hydrogens is 260 g/mol. The van der Waals surface area contributed by atoms with Gasteiger partial charge in [0.15, 0.2) is 10.8 Å². The number of carbonyl (C=O) groups is 1. The van der Waals surface area contributed by atoms with Gasteiger partial charge in [0, 0.05) is 18.5 Å². The average molecular weight is 276 g/mol. The Morgan fingerprint density at radius 3 is 2.47 bits per heavy atom. The monoisotopic (exact) mass is 276 g/mol. The molecule has 0 atom stereocenters. The zero-order valence-corrected chi connectivity index (χ0v) is 12.0. The van der Waals surface area contributed by atoms with Gasteiger partial charge < -0.3 is 10.0 Å². The van der Waals surface area contributed by atoms with E-state index in [1.807, 2.05) is 11.9 Å². The van der Waals surface area contributed by atoms with Crippen LogP contribution in [0.4, 0.5) is 5.13 Å². The third-order valence-electron chi connectivity index (χ3n) is 2.85. The molecule has 0 saturated carbocycles. The number of thiazole rings is 1. The Balaban J connectivity index is 2.15. The topological polar surface area (TPSA) is 53.4 Å². The van der Waals surface area contributed by atoms with E-state index >= 15 is 0 Å². The minimum atomic E-state index is -0.969. The molecule has 2 aromatic rings. The van der Waals surface area contributed by atoms with E-state index in [0.717, 1.165) is 10.0 Å². The zero-order valence-electron chi connectivity index (χ0n) is 11.2. The summed E-state index contributed by atoms with van der Waals surface area (Å²) in [4.78, 5) is 17.8. The first-order valence-electron chi connectivity index (χ1n) is 5.95. The fourth-order valence-corrected chi connectivity index (χ4v) is 2.64. The molecule has 0 fully saturated rings. The second-order valence-electron chi connectivity index (χ2n) is 4.55. The first-order valence-corrected chi connectivity index (χ1v) is 6.76. The number of carboxylic acids is 1. The summed E-state index contributed by atoms with van der Waals surface area (Å²) in [5, 5.41) is 9.74. The summed E-state index contributed by atoms with van der Waals surface area (Å²) >= 11 is 1.41. The van der Waals surface area contributed by atoms with Gasteiger partial charge in [-0.15, -0.1) is 11.3 Å². The molecular formula is C14H16N2O2S. The van der Waals surface area contributed by atoms with Crippen LogP contribution in [-0.2, 0) is 6.54 Å². The number of aryl methyl sites for hydroxylation is 2. The minimum Gasteiger partial charge on any atom is -0.476 e. The third-order valence-corrected chi connectivity index (χ3v) is 3.94. The summed E-state index contributed by atoms with van der Waals surface area (Å²) in [7, 11) is 1.92. The Hall–Kier alpha value is -1.88. The van der Waals surface area contributed by atoms with Crippen molar-refractivity contribution in [1.82, 2.24) is 4.98 Å². The molecule has 0 bridgehead atoms. The fraction of sp³-hybridized carbons (Fsp3) is 0.286. The van der Waals surface area contributed by atoms with Crippen LogP contribution < -0.4 is 4.90 Å². The SMILES string of the molecule is Cc1ccc(CN(C)c2nc(C(=O)O)c(C)s2)cc1. The first-order chi connectivity index (χ1) is 8.97. The Morgan fingerprint density at radius 1 is 1.32 bits per heavy atom. The van der Waals surface area contributed by atoms with Crippen LogP contribution in [0.5, 0.6) is 0 Å². The molecule has 0 aliphatic rings. The highest BCUT2D eigenvalue weighted by Gasteiger charge is 2.16.